The third kappa shape index (κ3) is 4.49. The first-order valence-corrected chi connectivity index (χ1v) is 12.0. The summed E-state index contributed by atoms with van der Waals surface area (Å²) in [5.41, 5.74) is 4.89. The van der Waals surface area contributed by atoms with Crippen molar-refractivity contribution in [3.05, 3.63) is 96.2 Å². The molecule has 0 unspecified atom stereocenters. The minimum atomic E-state index is 0. The van der Waals surface area contributed by atoms with Crippen molar-refractivity contribution in [3.8, 4) is 23.2 Å². The number of aromatic hydroxyl groups is 1. The van der Waals surface area contributed by atoms with Crippen molar-refractivity contribution in [1.82, 2.24) is 14.5 Å². The Balaban J connectivity index is 0.00000280. The van der Waals surface area contributed by atoms with Gasteiger partial charge in [-0.05, 0) is 59.2 Å². The van der Waals surface area contributed by atoms with Crippen molar-refractivity contribution < 1.29 is 30.9 Å². The molecular formula is C31H26N3O2Pt-. The van der Waals surface area contributed by atoms with Gasteiger partial charge in [0.15, 0.2) is 0 Å². The fourth-order valence-corrected chi connectivity index (χ4v) is 4.61. The van der Waals surface area contributed by atoms with Crippen molar-refractivity contribution in [2.24, 2.45) is 0 Å². The molecule has 6 rings (SSSR count). The zero-order valence-corrected chi connectivity index (χ0v) is 23.3. The van der Waals surface area contributed by atoms with Gasteiger partial charge in [-0.15, -0.1) is 17.5 Å². The van der Waals surface area contributed by atoms with Gasteiger partial charge in [0.25, 0.3) is 0 Å². The van der Waals surface area contributed by atoms with E-state index in [-0.39, 0.29) is 32.2 Å². The van der Waals surface area contributed by atoms with Gasteiger partial charge in [0.05, 0.1) is 0 Å². The molecule has 0 aliphatic rings. The Morgan fingerprint density at radius 1 is 0.919 bits per heavy atom. The van der Waals surface area contributed by atoms with E-state index in [2.05, 4.69) is 78.6 Å². The van der Waals surface area contributed by atoms with Crippen LogP contribution in [-0.2, 0) is 26.5 Å². The molecule has 6 heteroatoms. The molecule has 3 heterocycles. The van der Waals surface area contributed by atoms with E-state index in [0.29, 0.717) is 17.1 Å². The SMILES string of the molecule is Cc1ccnc(-n2c3[c-]c(Oc4ccc5cccc(O)c5n4)ccc3c3cc(C(C)(C)C)ccc32)c1.[Pt]. The third-order valence-corrected chi connectivity index (χ3v) is 6.53. The number of phenols is 1. The van der Waals surface area contributed by atoms with Crippen LogP contribution in [0.3, 0.4) is 0 Å². The largest absolute Gasteiger partial charge is 0.506 e. The Labute approximate surface area is 230 Å². The molecule has 0 amide bonds. The molecule has 3 aromatic heterocycles. The predicted molar refractivity (Wildman–Crippen MR) is 144 cm³/mol. The summed E-state index contributed by atoms with van der Waals surface area (Å²) in [7, 11) is 0. The molecule has 0 saturated heterocycles. The van der Waals surface area contributed by atoms with E-state index in [4.69, 9.17) is 4.74 Å². The Morgan fingerprint density at radius 3 is 2.54 bits per heavy atom. The number of rotatable bonds is 3. The molecule has 1 N–H and O–H groups in total. The second kappa shape index (κ2) is 9.31. The molecule has 6 aromatic rings. The zero-order valence-electron chi connectivity index (χ0n) is 21.0. The van der Waals surface area contributed by atoms with E-state index in [1.165, 1.54) is 5.56 Å². The molecule has 0 atom stereocenters. The number of fused-ring (bicyclic) bond motifs is 4. The smallest absolute Gasteiger partial charge is 0.217 e. The molecule has 0 saturated carbocycles. The molecule has 3 aromatic carbocycles. The number of aromatic nitrogens is 3. The van der Waals surface area contributed by atoms with Crippen LogP contribution in [0.4, 0.5) is 0 Å². The molecule has 0 spiro atoms. The van der Waals surface area contributed by atoms with Gasteiger partial charge < -0.3 is 14.4 Å². The molecule has 0 aliphatic heterocycles. The Bertz CT molecular complexity index is 1780. The molecule has 5 nitrogen and oxygen atoms in total. The molecule has 0 aliphatic carbocycles. The molecular weight excluding hydrogens is 641 g/mol. The second-order valence-corrected chi connectivity index (χ2v) is 10.2. The van der Waals surface area contributed by atoms with E-state index >= 15 is 0 Å². The van der Waals surface area contributed by atoms with Crippen LogP contribution in [0.5, 0.6) is 17.4 Å². The topological polar surface area (TPSA) is 60.2 Å². The van der Waals surface area contributed by atoms with Gasteiger partial charge in [-0.2, -0.15) is 6.07 Å². The second-order valence-electron chi connectivity index (χ2n) is 10.2. The molecule has 0 radical (unpaired) electrons. The van der Waals surface area contributed by atoms with Gasteiger partial charge in [-0.25, -0.2) is 9.97 Å². The van der Waals surface area contributed by atoms with Crippen LogP contribution >= 0.6 is 0 Å². The molecule has 37 heavy (non-hydrogen) atoms. The maximum Gasteiger partial charge on any atom is 0.217 e. The first-order valence-electron chi connectivity index (χ1n) is 12.0. The van der Waals surface area contributed by atoms with E-state index < -0.39 is 0 Å². The summed E-state index contributed by atoms with van der Waals surface area (Å²) in [5, 5.41) is 13.3. The summed E-state index contributed by atoms with van der Waals surface area (Å²) in [5.74, 6) is 1.89. The number of benzene rings is 3. The third-order valence-electron chi connectivity index (χ3n) is 6.53. The van der Waals surface area contributed by atoms with Crippen molar-refractivity contribution in [3.63, 3.8) is 0 Å². The van der Waals surface area contributed by atoms with Gasteiger partial charge >= 0.3 is 0 Å². The number of para-hydroxylation sites is 1. The number of ether oxygens (including phenoxy) is 1. The van der Waals surface area contributed by atoms with Crippen LogP contribution in [0.25, 0.3) is 38.5 Å². The van der Waals surface area contributed by atoms with Crippen molar-refractivity contribution in [2.45, 2.75) is 33.1 Å². The minimum absolute atomic E-state index is 0. The number of hydrogen-bond acceptors (Lipinski definition) is 4. The monoisotopic (exact) mass is 667 g/mol. The van der Waals surface area contributed by atoms with Gasteiger partial charge in [0, 0.05) is 50.0 Å². The molecule has 0 fully saturated rings. The van der Waals surface area contributed by atoms with Crippen LogP contribution in [0.1, 0.15) is 31.9 Å². The van der Waals surface area contributed by atoms with Crippen LogP contribution in [0.2, 0.25) is 0 Å². The Hall–Kier alpha value is -3.69. The fourth-order valence-electron chi connectivity index (χ4n) is 4.61. The van der Waals surface area contributed by atoms with Crippen molar-refractivity contribution >= 4 is 32.7 Å². The average Bonchev–Trinajstić information content (AvgIpc) is 3.17. The first kappa shape index (κ1) is 25.0. The van der Waals surface area contributed by atoms with E-state index in [0.717, 1.165) is 38.6 Å². The summed E-state index contributed by atoms with van der Waals surface area (Å²) in [6, 6.07) is 27.2. The van der Waals surface area contributed by atoms with E-state index in [9.17, 15) is 5.11 Å². The van der Waals surface area contributed by atoms with Crippen LogP contribution in [-0.4, -0.2) is 19.6 Å². The summed E-state index contributed by atoms with van der Waals surface area (Å²) >= 11 is 0. The Kier molecular flexibility index (Phi) is 6.29. The molecule has 188 valence electrons. The summed E-state index contributed by atoms with van der Waals surface area (Å²) in [4.78, 5) is 9.19. The summed E-state index contributed by atoms with van der Waals surface area (Å²) in [6.45, 7) is 8.74. The van der Waals surface area contributed by atoms with Crippen LogP contribution in [0, 0.1) is 13.0 Å². The standard InChI is InChI=1S/C31H26N3O2.Pt/c1-19-14-15-32-28(16-19)34-25-12-9-21(31(2,3)4)17-24(25)23-11-10-22(18-26(23)34)36-29-13-8-20-6-5-7-27(35)30(20)33-29;/h5-17,35H,1-4H3;/q-1;. The number of pyridine rings is 2. The van der Waals surface area contributed by atoms with E-state index in [1.54, 1.807) is 18.2 Å². The van der Waals surface area contributed by atoms with Gasteiger partial charge in [-0.1, -0.05) is 50.6 Å². The maximum atomic E-state index is 10.2. The van der Waals surface area contributed by atoms with Crippen LogP contribution < -0.4 is 4.74 Å². The Morgan fingerprint density at radius 2 is 1.76 bits per heavy atom. The minimum Gasteiger partial charge on any atom is -0.506 e. The van der Waals surface area contributed by atoms with Crippen molar-refractivity contribution in [1.29, 1.82) is 0 Å². The van der Waals surface area contributed by atoms with Gasteiger partial charge in [0.2, 0.25) is 5.88 Å². The van der Waals surface area contributed by atoms with Crippen LogP contribution in [0.15, 0.2) is 79.0 Å². The number of hydrogen-bond donors (Lipinski definition) is 1. The average molecular weight is 668 g/mol. The zero-order chi connectivity index (χ0) is 25.0. The van der Waals surface area contributed by atoms with Gasteiger partial charge in [0.1, 0.15) is 17.1 Å². The maximum absolute atomic E-state index is 10.2. The number of nitrogens with zero attached hydrogens (tertiary/aromatic N) is 3. The quantitative estimate of drug-likeness (QED) is 0.197. The summed E-state index contributed by atoms with van der Waals surface area (Å²) < 4.78 is 8.26. The predicted octanol–water partition coefficient (Wildman–Crippen LogP) is 7.63. The van der Waals surface area contributed by atoms with Crippen molar-refractivity contribution in [2.75, 3.05) is 0 Å². The first-order chi connectivity index (χ1) is 17.3. The number of phenolic OH excluding ortho intramolecular Hbond substituents is 1. The summed E-state index contributed by atoms with van der Waals surface area (Å²) in [6.07, 6.45) is 1.83. The molecule has 0 bridgehead atoms. The normalized spacial score (nSPS) is 11.7. The van der Waals surface area contributed by atoms with Gasteiger partial charge in [-0.3, -0.25) is 0 Å². The number of aryl methyl sites for hydroxylation is 1. The fraction of sp³-hybridized carbons (Fsp3) is 0.161. The van der Waals surface area contributed by atoms with E-state index in [1.807, 2.05) is 30.5 Å².